The molecule has 1 aliphatic heterocycles. The summed E-state index contributed by atoms with van der Waals surface area (Å²) in [7, 11) is 0. The molecule has 1 atom stereocenters. The van der Waals surface area contributed by atoms with Crippen LogP contribution in [0.3, 0.4) is 0 Å². The Hall–Kier alpha value is -1.61. The predicted molar refractivity (Wildman–Crippen MR) is 65.8 cm³/mol. The highest BCUT2D eigenvalue weighted by Crippen LogP contribution is 2.20. The summed E-state index contributed by atoms with van der Waals surface area (Å²) in [6.45, 7) is 0.845. The van der Waals surface area contributed by atoms with Gasteiger partial charge in [-0.3, -0.25) is 0 Å². The first-order valence-corrected chi connectivity index (χ1v) is 5.86. The number of carbonyl (C=O) groups is 1. The highest BCUT2D eigenvalue weighted by Gasteiger charge is 2.16. The summed E-state index contributed by atoms with van der Waals surface area (Å²) in [5.74, 6) is -0.920. The fourth-order valence-corrected chi connectivity index (χ4v) is 2.09. The average molecular weight is 232 g/mol. The van der Waals surface area contributed by atoms with Crippen molar-refractivity contribution in [3.63, 3.8) is 0 Å². The van der Waals surface area contributed by atoms with Crippen LogP contribution in [0.4, 0.5) is 0 Å². The van der Waals surface area contributed by atoms with Crippen molar-refractivity contribution in [1.82, 2.24) is 0 Å². The lowest BCUT2D eigenvalue weighted by Gasteiger charge is -2.11. The number of rotatable bonds is 4. The van der Waals surface area contributed by atoms with Gasteiger partial charge in [0, 0.05) is 12.7 Å². The third kappa shape index (κ3) is 3.43. The minimum Gasteiger partial charge on any atom is -0.478 e. The molecular weight excluding hydrogens is 216 g/mol. The molecule has 1 heterocycles. The summed E-state index contributed by atoms with van der Waals surface area (Å²) < 4.78 is 5.60. The summed E-state index contributed by atoms with van der Waals surface area (Å²) in [5.41, 5.74) is 2.11. The fourth-order valence-electron chi connectivity index (χ4n) is 2.09. The molecule has 0 aliphatic carbocycles. The van der Waals surface area contributed by atoms with Crippen LogP contribution in [0, 0.1) is 0 Å². The van der Waals surface area contributed by atoms with E-state index in [-0.39, 0.29) is 6.10 Å². The fraction of sp³-hybridized carbons (Fsp3) is 0.357. The Morgan fingerprint density at radius 2 is 2.29 bits per heavy atom. The second kappa shape index (κ2) is 5.64. The van der Waals surface area contributed by atoms with Gasteiger partial charge in [0.2, 0.25) is 0 Å². The molecule has 1 unspecified atom stereocenters. The summed E-state index contributed by atoms with van der Waals surface area (Å²) >= 11 is 0. The van der Waals surface area contributed by atoms with Crippen LogP contribution < -0.4 is 0 Å². The van der Waals surface area contributed by atoms with Crippen molar-refractivity contribution in [1.29, 1.82) is 0 Å². The highest BCUT2D eigenvalue weighted by molar-refractivity contribution is 5.85. The summed E-state index contributed by atoms with van der Waals surface area (Å²) in [6.07, 6.45) is 6.19. The van der Waals surface area contributed by atoms with Gasteiger partial charge in [-0.15, -0.1) is 0 Å². The van der Waals surface area contributed by atoms with E-state index < -0.39 is 5.97 Å². The number of carboxylic acid groups (broad SMARTS) is 1. The number of ether oxygens (including phenoxy) is 1. The molecule has 1 aromatic carbocycles. The van der Waals surface area contributed by atoms with E-state index in [1.165, 1.54) is 6.08 Å². The molecular formula is C14H16O3. The number of hydrogen-bond acceptors (Lipinski definition) is 2. The smallest absolute Gasteiger partial charge is 0.328 e. The van der Waals surface area contributed by atoms with E-state index in [1.54, 1.807) is 6.08 Å². The van der Waals surface area contributed by atoms with Crippen molar-refractivity contribution in [2.75, 3.05) is 6.61 Å². The van der Waals surface area contributed by atoms with Gasteiger partial charge in [0.05, 0.1) is 6.10 Å². The van der Waals surface area contributed by atoms with E-state index in [0.717, 1.165) is 37.0 Å². The SMILES string of the molecule is O=C(O)/C=C/c1ccccc1CC1CCCO1. The molecule has 0 bridgehead atoms. The maximum atomic E-state index is 10.5. The van der Waals surface area contributed by atoms with Crippen LogP contribution in [0.5, 0.6) is 0 Å². The maximum Gasteiger partial charge on any atom is 0.328 e. The van der Waals surface area contributed by atoms with Crippen molar-refractivity contribution >= 4 is 12.0 Å². The average Bonchev–Trinajstić information content (AvgIpc) is 2.80. The number of benzene rings is 1. The predicted octanol–water partition coefficient (Wildman–Crippen LogP) is 2.51. The van der Waals surface area contributed by atoms with E-state index in [0.29, 0.717) is 0 Å². The molecule has 0 saturated carbocycles. The zero-order valence-electron chi connectivity index (χ0n) is 9.63. The first-order chi connectivity index (χ1) is 8.25. The van der Waals surface area contributed by atoms with Gasteiger partial charge in [-0.2, -0.15) is 0 Å². The third-order valence-corrected chi connectivity index (χ3v) is 2.93. The molecule has 17 heavy (non-hydrogen) atoms. The van der Waals surface area contributed by atoms with E-state index in [2.05, 4.69) is 0 Å². The summed E-state index contributed by atoms with van der Waals surface area (Å²) in [6, 6.07) is 7.86. The van der Waals surface area contributed by atoms with Crippen molar-refractivity contribution in [3.05, 3.63) is 41.5 Å². The largest absolute Gasteiger partial charge is 0.478 e. The van der Waals surface area contributed by atoms with Crippen LogP contribution in [-0.2, 0) is 16.0 Å². The van der Waals surface area contributed by atoms with E-state index in [9.17, 15) is 4.79 Å². The zero-order valence-corrected chi connectivity index (χ0v) is 9.63. The quantitative estimate of drug-likeness (QED) is 0.811. The lowest BCUT2D eigenvalue weighted by atomic mass is 10.00. The van der Waals surface area contributed by atoms with Crippen molar-refractivity contribution < 1.29 is 14.6 Å². The summed E-state index contributed by atoms with van der Waals surface area (Å²) in [4.78, 5) is 10.5. The normalized spacial score (nSPS) is 19.9. The van der Waals surface area contributed by atoms with Gasteiger partial charge >= 0.3 is 5.97 Å². The molecule has 0 amide bonds. The molecule has 0 spiro atoms. The number of aliphatic carboxylic acids is 1. The minimum absolute atomic E-state index is 0.286. The molecule has 90 valence electrons. The second-order valence-corrected chi connectivity index (χ2v) is 4.21. The van der Waals surface area contributed by atoms with E-state index >= 15 is 0 Å². The van der Waals surface area contributed by atoms with Crippen molar-refractivity contribution in [2.45, 2.75) is 25.4 Å². The minimum atomic E-state index is -0.920. The van der Waals surface area contributed by atoms with Gasteiger partial charge in [0.1, 0.15) is 0 Å². The lowest BCUT2D eigenvalue weighted by Crippen LogP contribution is -2.09. The van der Waals surface area contributed by atoms with Crippen LogP contribution in [0.1, 0.15) is 24.0 Å². The standard InChI is InChI=1S/C14H16O3/c15-14(16)8-7-11-4-1-2-5-12(11)10-13-6-3-9-17-13/h1-2,4-5,7-8,13H,3,6,9-10H2,(H,15,16)/b8-7+. The van der Waals surface area contributed by atoms with Crippen LogP contribution in [0.25, 0.3) is 6.08 Å². The van der Waals surface area contributed by atoms with Crippen LogP contribution in [0.2, 0.25) is 0 Å². The second-order valence-electron chi connectivity index (χ2n) is 4.21. The topological polar surface area (TPSA) is 46.5 Å². The van der Waals surface area contributed by atoms with Crippen molar-refractivity contribution in [2.24, 2.45) is 0 Å². The Bertz CT molecular complexity index is 417. The molecule has 1 fully saturated rings. The van der Waals surface area contributed by atoms with Gasteiger partial charge in [-0.05, 0) is 36.5 Å². The number of hydrogen-bond donors (Lipinski definition) is 1. The Morgan fingerprint density at radius 3 is 3.00 bits per heavy atom. The zero-order chi connectivity index (χ0) is 12.1. The van der Waals surface area contributed by atoms with Gasteiger partial charge < -0.3 is 9.84 Å². The van der Waals surface area contributed by atoms with Crippen LogP contribution in [-0.4, -0.2) is 23.8 Å². The van der Waals surface area contributed by atoms with Gasteiger partial charge in [0.25, 0.3) is 0 Å². The van der Waals surface area contributed by atoms with E-state index in [4.69, 9.17) is 9.84 Å². The Kier molecular flexibility index (Phi) is 3.94. The molecule has 1 N–H and O–H groups in total. The van der Waals surface area contributed by atoms with Crippen molar-refractivity contribution in [3.8, 4) is 0 Å². The Labute approximate surface area is 101 Å². The molecule has 1 aliphatic rings. The van der Waals surface area contributed by atoms with Crippen LogP contribution in [0.15, 0.2) is 30.3 Å². The van der Waals surface area contributed by atoms with Gasteiger partial charge in [-0.1, -0.05) is 24.3 Å². The monoisotopic (exact) mass is 232 g/mol. The molecule has 3 nitrogen and oxygen atoms in total. The Morgan fingerprint density at radius 1 is 1.47 bits per heavy atom. The summed E-state index contributed by atoms with van der Waals surface area (Å²) in [5, 5.41) is 8.64. The molecule has 1 aromatic rings. The molecule has 0 radical (unpaired) electrons. The van der Waals surface area contributed by atoms with Gasteiger partial charge in [0.15, 0.2) is 0 Å². The number of carboxylic acids is 1. The van der Waals surface area contributed by atoms with Gasteiger partial charge in [-0.25, -0.2) is 4.79 Å². The molecule has 0 aromatic heterocycles. The highest BCUT2D eigenvalue weighted by atomic mass is 16.5. The third-order valence-electron chi connectivity index (χ3n) is 2.93. The van der Waals surface area contributed by atoms with E-state index in [1.807, 2.05) is 24.3 Å². The lowest BCUT2D eigenvalue weighted by molar-refractivity contribution is -0.131. The Balaban J connectivity index is 2.12. The molecule has 2 rings (SSSR count). The maximum absolute atomic E-state index is 10.5. The molecule has 1 saturated heterocycles. The van der Waals surface area contributed by atoms with Crippen LogP contribution >= 0.6 is 0 Å². The molecule has 3 heteroatoms. The first kappa shape index (κ1) is 11.9. The first-order valence-electron chi connectivity index (χ1n) is 5.86.